The Kier molecular flexibility index (Phi) is 2.38. The Bertz CT molecular complexity index is 409. The van der Waals surface area contributed by atoms with Crippen LogP contribution in [-0.4, -0.2) is 22.6 Å². The monoisotopic (exact) mass is 209 g/mol. The van der Waals surface area contributed by atoms with Gasteiger partial charge in [0, 0.05) is 5.54 Å². The lowest BCUT2D eigenvalue weighted by atomic mass is 9.78. The van der Waals surface area contributed by atoms with Crippen LogP contribution in [-0.2, 0) is 0 Å². The molecule has 0 unspecified atom stereocenters. The zero-order chi connectivity index (χ0) is 10.9. The first-order chi connectivity index (χ1) is 7.14. The van der Waals surface area contributed by atoms with Crippen molar-refractivity contribution in [1.82, 2.24) is 9.97 Å². The van der Waals surface area contributed by atoms with Crippen LogP contribution in [0.1, 0.15) is 26.2 Å². The second kappa shape index (κ2) is 3.56. The van der Waals surface area contributed by atoms with Crippen molar-refractivity contribution in [2.75, 3.05) is 12.4 Å². The number of aromatic nitrogens is 2. The topological polar surface area (TPSA) is 67.0 Å². The summed E-state index contributed by atoms with van der Waals surface area (Å²) in [6, 6.07) is 0. The second-order valence-corrected chi connectivity index (χ2v) is 4.15. The molecule has 15 heavy (non-hydrogen) atoms. The summed E-state index contributed by atoms with van der Waals surface area (Å²) in [4.78, 5) is 18.0. The molecule has 0 atom stereocenters. The molecule has 0 aliphatic heterocycles. The van der Waals surface area contributed by atoms with Crippen LogP contribution < -0.4 is 15.6 Å². The predicted molar refractivity (Wildman–Crippen MR) is 57.3 cm³/mol. The Balaban J connectivity index is 2.27. The molecule has 5 nitrogen and oxygen atoms in total. The van der Waals surface area contributed by atoms with E-state index in [1.165, 1.54) is 19.9 Å². The maximum atomic E-state index is 11.4. The van der Waals surface area contributed by atoms with Crippen LogP contribution in [0.4, 0.5) is 5.82 Å². The number of nitrogens with zero attached hydrogens (tertiary/aromatic N) is 1. The van der Waals surface area contributed by atoms with Crippen LogP contribution in [0.15, 0.2) is 11.1 Å². The number of hydrogen-bond acceptors (Lipinski definition) is 4. The summed E-state index contributed by atoms with van der Waals surface area (Å²) in [5, 5.41) is 3.26. The molecule has 1 saturated carbocycles. The highest BCUT2D eigenvalue weighted by atomic mass is 16.5. The molecule has 0 radical (unpaired) electrons. The number of aromatic amines is 1. The lowest BCUT2D eigenvalue weighted by Crippen LogP contribution is -2.42. The molecule has 1 aromatic heterocycles. The number of methoxy groups -OCH3 is 1. The Morgan fingerprint density at radius 3 is 2.87 bits per heavy atom. The van der Waals surface area contributed by atoms with E-state index in [0.29, 0.717) is 5.82 Å². The van der Waals surface area contributed by atoms with Crippen LogP contribution in [0.2, 0.25) is 0 Å². The number of nitrogens with one attached hydrogen (secondary N) is 2. The highest BCUT2D eigenvalue weighted by Gasteiger charge is 2.32. The fraction of sp³-hybridized carbons (Fsp3) is 0.600. The molecule has 1 aliphatic carbocycles. The number of rotatable bonds is 3. The maximum absolute atomic E-state index is 11.4. The third-order valence-electron chi connectivity index (χ3n) is 2.89. The molecular formula is C10H15N3O2. The van der Waals surface area contributed by atoms with Gasteiger partial charge in [0.2, 0.25) is 5.75 Å². The summed E-state index contributed by atoms with van der Waals surface area (Å²) >= 11 is 0. The number of H-pyrrole nitrogens is 1. The van der Waals surface area contributed by atoms with Crippen LogP contribution in [0, 0.1) is 0 Å². The molecule has 0 saturated heterocycles. The minimum Gasteiger partial charge on any atom is -0.489 e. The Morgan fingerprint density at radius 2 is 2.33 bits per heavy atom. The van der Waals surface area contributed by atoms with Crippen molar-refractivity contribution in [2.24, 2.45) is 0 Å². The van der Waals surface area contributed by atoms with E-state index >= 15 is 0 Å². The second-order valence-electron chi connectivity index (χ2n) is 4.15. The molecule has 0 amide bonds. The van der Waals surface area contributed by atoms with Crippen LogP contribution in [0.25, 0.3) is 0 Å². The SMILES string of the molecule is COc1c(NC2(C)CCC2)nc[nH]c1=O. The molecule has 1 aliphatic rings. The molecule has 2 N–H and O–H groups in total. The summed E-state index contributed by atoms with van der Waals surface area (Å²) < 4.78 is 5.02. The Morgan fingerprint density at radius 1 is 1.60 bits per heavy atom. The highest BCUT2D eigenvalue weighted by Crippen LogP contribution is 2.35. The van der Waals surface area contributed by atoms with Gasteiger partial charge in [0.05, 0.1) is 13.4 Å². The van der Waals surface area contributed by atoms with Gasteiger partial charge >= 0.3 is 0 Å². The van der Waals surface area contributed by atoms with Gasteiger partial charge in [0.25, 0.3) is 5.56 Å². The molecule has 0 aromatic carbocycles. The van der Waals surface area contributed by atoms with E-state index in [4.69, 9.17) is 4.74 Å². The van der Waals surface area contributed by atoms with Gasteiger partial charge in [-0.15, -0.1) is 0 Å². The van der Waals surface area contributed by atoms with Crippen molar-refractivity contribution >= 4 is 5.82 Å². The largest absolute Gasteiger partial charge is 0.489 e. The molecular weight excluding hydrogens is 194 g/mol. The van der Waals surface area contributed by atoms with Crippen LogP contribution in [0.3, 0.4) is 0 Å². The molecule has 0 spiro atoms. The first-order valence-electron chi connectivity index (χ1n) is 5.04. The Labute approximate surface area is 87.9 Å². The maximum Gasteiger partial charge on any atom is 0.295 e. The summed E-state index contributed by atoms with van der Waals surface area (Å²) in [5.74, 6) is 0.786. The van der Waals surface area contributed by atoms with E-state index in [0.717, 1.165) is 12.8 Å². The average molecular weight is 209 g/mol. The van der Waals surface area contributed by atoms with Gasteiger partial charge in [-0.1, -0.05) is 0 Å². The number of hydrogen-bond donors (Lipinski definition) is 2. The van der Waals surface area contributed by atoms with E-state index < -0.39 is 0 Å². The normalized spacial score (nSPS) is 18.0. The Hall–Kier alpha value is -1.52. The summed E-state index contributed by atoms with van der Waals surface area (Å²) in [6.45, 7) is 2.12. The van der Waals surface area contributed by atoms with Crippen molar-refractivity contribution in [3.8, 4) is 5.75 Å². The zero-order valence-corrected chi connectivity index (χ0v) is 8.96. The van der Waals surface area contributed by atoms with E-state index in [1.54, 1.807) is 0 Å². The first-order valence-corrected chi connectivity index (χ1v) is 5.04. The van der Waals surface area contributed by atoms with Gasteiger partial charge in [-0.25, -0.2) is 4.98 Å². The van der Waals surface area contributed by atoms with Gasteiger partial charge < -0.3 is 15.0 Å². The van der Waals surface area contributed by atoms with Gasteiger partial charge in [-0.3, -0.25) is 4.79 Å². The smallest absolute Gasteiger partial charge is 0.295 e. The van der Waals surface area contributed by atoms with Crippen LogP contribution >= 0.6 is 0 Å². The van der Waals surface area contributed by atoms with E-state index in [2.05, 4.69) is 22.2 Å². The lowest BCUT2D eigenvalue weighted by molar-refractivity contribution is 0.303. The molecule has 1 heterocycles. The molecule has 1 aromatic rings. The van der Waals surface area contributed by atoms with Gasteiger partial charge in [-0.05, 0) is 26.2 Å². The van der Waals surface area contributed by atoms with E-state index in [-0.39, 0.29) is 16.8 Å². The van der Waals surface area contributed by atoms with Crippen molar-refractivity contribution in [3.63, 3.8) is 0 Å². The van der Waals surface area contributed by atoms with Crippen molar-refractivity contribution in [2.45, 2.75) is 31.7 Å². The first kappa shape index (κ1) is 10.0. The molecule has 0 bridgehead atoms. The average Bonchev–Trinajstić information content (AvgIpc) is 2.16. The zero-order valence-electron chi connectivity index (χ0n) is 8.96. The summed E-state index contributed by atoms with van der Waals surface area (Å²) in [7, 11) is 1.47. The fourth-order valence-corrected chi connectivity index (χ4v) is 1.78. The van der Waals surface area contributed by atoms with E-state index in [1.807, 2.05) is 0 Å². The van der Waals surface area contributed by atoms with E-state index in [9.17, 15) is 4.79 Å². The van der Waals surface area contributed by atoms with Gasteiger partial charge in [0.15, 0.2) is 5.82 Å². The van der Waals surface area contributed by atoms with Gasteiger partial charge in [0.1, 0.15) is 0 Å². The minimum atomic E-state index is -0.252. The molecule has 5 heteroatoms. The van der Waals surface area contributed by atoms with Crippen LogP contribution in [0.5, 0.6) is 5.75 Å². The molecule has 82 valence electrons. The van der Waals surface area contributed by atoms with Crippen molar-refractivity contribution in [1.29, 1.82) is 0 Å². The summed E-state index contributed by atoms with van der Waals surface area (Å²) in [5.41, 5.74) is -0.188. The fourth-order valence-electron chi connectivity index (χ4n) is 1.78. The standard InChI is InChI=1S/C10H15N3O2/c1-10(4-3-5-10)13-8-7(15-2)9(14)12-6-11-8/h6H,3-5H2,1-2H3,(H2,11,12,13,14). The lowest BCUT2D eigenvalue weighted by Gasteiger charge is -2.39. The highest BCUT2D eigenvalue weighted by molar-refractivity contribution is 5.50. The quantitative estimate of drug-likeness (QED) is 0.783. The minimum absolute atomic E-state index is 0.0636. The molecule has 2 rings (SSSR count). The third-order valence-corrected chi connectivity index (χ3v) is 2.89. The number of ether oxygens (including phenoxy) is 1. The van der Waals surface area contributed by atoms with Crippen molar-refractivity contribution in [3.05, 3.63) is 16.7 Å². The summed E-state index contributed by atoms with van der Waals surface area (Å²) in [6.07, 6.45) is 4.81. The predicted octanol–water partition coefficient (Wildman–Crippen LogP) is 1.13. The van der Waals surface area contributed by atoms with Gasteiger partial charge in [-0.2, -0.15) is 0 Å². The molecule has 1 fully saturated rings. The third kappa shape index (κ3) is 1.82. The number of anilines is 1. The van der Waals surface area contributed by atoms with Crippen molar-refractivity contribution < 1.29 is 4.74 Å².